The van der Waals surface area contributed by atoms with Gasteiger partial charge in [-0.25, -0.2) is 0 Å². The van der Waals surface area contributed by atoms with Gasteiger partial charge in [-0.1, -0.05) is 108 Å². The van der Waals surface area contributed by atoms with Crippen molar-refractivity contribution < 1.29 is 20.8 Å². The van der Waals surface area contributed by atoms with Crippen molar-refractivity contribution >= 4 is 48.1 Å². The topological polar surface area (TPSA) is 0 Å². The van der Waals surface area contributed by atoms with Gasteiger partial charge in [-0.2, -0.15) is 12.1 Å². The van der Waals surface area contributed by atoms with E-state index >= 15 is 0 Å². The number of fused-ring (bicyclic) bond motifs is 2. The van der Waals surface area contributed by atoms with Crippen molar-refractivity contribution in [1.29, 1.82) is 0 Å². The van der Waals surface area contributed by atoms with Crippen LogP contribution in [0.25, 0.3) is 32.7 Å². The number of halogens is 2. The number of benzene rings is 3. The summed E-state index contributed by atoms with van der Waals surface area (Å²) in [4.78, 5) is 0. The van der Waals surface area contributed by atoms with Crippen LogP contribution in [0.3, 0.4) is 0 Å². The van der Waals surface area contributed by atoms with Gasteiger partial charge in [0.05, 0.1) is 0 Å². The molecule has 5 aromatic rings. The quantitative estimate of drug-likeness (QED) is 0.119. The monoisotopic (exact) mass is 784 g/mol. The molecule has 0 aliphatic heterocycles. The van der Waals surface area contributed by atoms with Crippen LogP contribution in [0.1, 0.15) is 113 Å². The van der Waals surface area contributed by atoms with Gasteiger partial charge in [0.15, 0.2) is 0 Å². The van der Waals surface area contributed by atoms with Crippen molar-refractivity contribution in [1.82, 2.24) is 0 Å². The van der Waals surface area contributed by atoms with Crippen LogP contribution >= 0.6 is 17.0 Å². The molecular weight excluding hydrogens is 731 g/mol. The van der Waals surface area contributed by atoms with E-state index in [2.05, 4.69) is 133 Å². The van der Waals surface area contributed by atoms with E-state index in [1.165, 1.54) is 101 Å². The second-order valence-electron chi connectivity index (χ2n) is 15.4. The third kappa shape index (κ3) is 8.96. The minimum absolute atomic E-state index is 0.510. The number of hydrogen-bond donors (Lipinski definition) is 0. The van der Waals surface area contributed by atoms with Crippen molar-refractivity contribution in [3.8, 4) is 11.1 Å². The molecule has 4 bridgehead atoms. The molecule has 49 heavy (non-hydrogen) atoms. The minimum atomic E-state index is -0.826. The molecule has 4 aliphatic rings. The van der Waals surface area contributed by atoms with Crippen LogP contribution in [0, 0.1) is 24.7 Å². The zero-order chi connectivity index (χ0) is 35.1. The molecule has 5 aromatic carbocycles. The van der Waals surface area contributed by atoms with E-state index in [4.69, 9.17) is 17.0 Å². The zero-order valence-electron chi connectivity index (χ0n) is 30.9. The van der Waals surface area contributed by atoms with Crippen LogP contribution in [0.15, 0.2) is 84.9 Å². The summed E-state index contributed by atoms with van der Waals surface area (Å²) in [7, 11) is 11.0. The Morgan fingerprint density at radius 1 is 0.755 bits per heavy atom. The Morgan fingerprint density at radius 3 is 1.84 bits per heavy atom. The molecular formula is C45H56Cl2SiZr. The predicted octanol–water partition coefficient (Wildman–Crippen LogP) is 14.8. The third-order valence-corrected chi connectivity index (χ3v) is 11.9. The van der Waals surface area contributed by atoms with Crippen LogP contribution in [-0.2, 0) is 26.3 Å². The van der Waals surface area contributed by atoms with Gasteiger partial charge < -0.3 is 0 Å². The molecule has 0 saturated heterocycles. The Labute approximate surface area is 319 Å². The SMILES string of the molecule is CCC(C)c1cc2c(C(C)CC)cccc2[cH-]1.C[Si]C.Cc1cc2c(-c3ccc(C45CC6CC(CC(C6)C4)C5)cc3)cccc2[cH-]1.[Cl][Zr+2][Cl]. The molecule has 4 fully saturated rings. The van der Waals surface area contributed by atoms with Crippen LogP contribution in [0.2, 0.25) is 13.1 Å². The summed E-state index contributed by atoms with van der Waals surface area (Å²) in [5, 5.41) is 5.65. The van der Waals surface area contributed by atoms with Crippen LogP contribution < -0.4 is 0 Å². The normalized spacial score (nSPS) is 23.0. The third-order valence-electron chi connectivity index (χ3n) is 11.9. The van der Waals surface area contributed by atoms with E-state index in [9.17, 15) is 0 Å². The van der Waals surface area contributed by atoms with Gasteiger partial charge in [0.2, 0.25) is 0 Å². The summed E-state index contributed by atoms with van der Waals surface area (Å²) in [5.41, 5.74) is 9.26. The van der Waals surface area contributed by atoms with Crippen LogP contribution in [0.5, 0.6) is 0 Å². The van der Waals surface area contributed by atoms with Crippen LogP contribution in [-0.4, -0.2) is 9.52 Å². The predicted molar refractivity (Wildman–Crippen MR) is 216 cm³/mol. The molecule has 0 N–H and O–H groups in total. The first-order chi connectivity index (χ1) is 23.7. The molecule has 2 radical (unpaired) electrons. The van der Waals surface area contributed by atoms with Gasteiger partial charge in [-0.3, -0.25) is 0 Å². The maximum absolute atomic E-state index is 4.93. The van der Waals surface area contributed by atoms with Gasteiger partial charge >= 0.3 is 37.9 Å². The molecule has 0 nitrogen and oxygen atoms in total. The zero-order valence-corrected chi connectivity index (χ0v) is 35.9. The van der Waals surface area contributed by atoms with Gasteiger partial charge in [-0.05, 0) is 84.7 Å². The molecule has 4 aliphatic carbocycles. The molecule has 0 heterocycles. The van der Waals surface area contributed by atoms with Crippen molar-refractivity contribution in [2.45, 2.75) is 116 Å². The van der Waals surface area contributed by atoms with Crippen LogP contribution in [0.4, 0.5) is 0 Å². The van der Waals surface area contributed by atoms with Gasteiger partial charge in [-0.15, -0.1) is 69.1 Å². The van der Waals surface area contributed by atoms with E-state index in [0.717, 1.165) is 27.3 Å². The summed E-state index contributed by atoms with van der Waals surface area (Å²) in [6.07, 6.45) is 11.4. The number of aryl methyl sites for hydroxylation is 1. The average molecular weight is 787 g/mol. The fourth-order valence-electron chi connectivity index (χ4n) is 9.56. The Kier molecular flexibility index (Phi) is 14.1. The Balaban J connectivity index is 0.000000176. The molecule has 2 atom stereocenters. The number of hydrogen-bond acceptors (Lipinski definition) is 0. The van der Waals surface area contributed by atoms with E-state index in [-0.39, 0.29) is 0 Å². The fraction of sp³-hybridized carbons (Fsp3) is 0.467. The van der Waals surface area contributed by atoms with E-state index in [0.29, 0.717) is 17.3 Å². The Hall–Kier alpha value is -1.44. The van der Waals surface area contributed by atoms with E-state index < -0.39 is 20.8 Å². The second kappa shape index (κ2) is 17.9. The summed E-state index contributed by atoms with van der Waals surface area (Å²) < 4.78 is 0. The van der Waals surface area contributed by atoms with Gasteiger partial charge in [0.25, 0.3) is 0 Å². The molecule has 4 heteroatoms. The fourth-order valence-corrected chi connectivity index (χ4v) is 9.56. The molecule has 0 spiro atoms. The van der Waals surface area contributed by atoms with E-state index in [1.807, 2.05) is 0 Å². The first-order valence-electron chi connectivity index (χ1n) is 18.7. The molecule has 0 amide bonds. The van der Waals surface area contributed by atoms with Gasteiger partial charge in [0, 0.05) is 9.52 Å². The van der Waals surface area contributed by atoms with Crippen molar-refractivity contribution in [2.75, 3.05) is 0 Å². The Bertz CT molecular complexity index is 1730. The summed E-state index contributed by atoms with van der Waals surface area (Å²) in [6.45, 7) is 15.7. The van der Waals surface area contributed by atoms with Crippen molar-refractivity contribution in [3.63, 3.8) is 0 Å². The number of rotatable bonds is 6. The molecule has 258 valence electrons. The summed E-state index contributed by atoms with van der Waals surface area (Å²) in [5.74, 6) is 4.38. The molecule has 4 saturated carbocycles. The Morgan fingerprint density at radius 2 is 1.29 bits per heavy atom. The summed E-state index contributed by atoms with van der Waals surface area (Å²) >= 11 is -0.826. The molecule has 2 unspecified atom stereocenters. The summed E-state index contributed by atoms with van der Waals surface area (Å²) in [6, 6.07) is 32.6. The standard InChI is InChI=1S/C26H27.C17H23.C2H6Si.2ClH.Zr/c1-17-9-22-3-2-4-24(25(22)10-17)21-5-7-23(8-6-21)26-14-18-11-19(15-26)13-20(12-18)16-26;1-5-12(3)15-10-14-8-7-9-16(13(4)6-2)17(14)11-15;1-3-2;;;/h2-10,18-20H,11-16H2,1H3;7-13H,5-6H2,1-4H3;1-2H3;2*1H;/q2*-1;;;;+4/p-2. The van der Waals surface area contributed by atoms with Crippen molar-refractivity contribution in [2.24, 2.45) is 17.8 Å². The first-order valence-corrected chi connectivity index (χ1v) is 27.0. The molecule has 0 aromatic heterocycles. The van der Waals surface area contributed by atoms with Crippen molar-refractivity contribution in [3.05, 3.63) is 107 Å². The maximum atomic E-state index is 4.93. The first kappa shape index (κ1) is 38.8. The molecule has 9 rings (SSSR count). The average Bonchev–Trinajstić information content (AvgIpc) is 3.71. The van der Waals surface area contributed by atoms with Gasteiger partial charge in [0.1, 0.15) is 0 Å². The van der Waals surface area contributed by atoms with E-state index in [1.54, 1.807) is 5.56 Å². The second-order valence-corrected chi connectivity index (χ2v) is 20.2.